The van der Waals surface area contributed by atoms with Crippen LogP contribution in [-0.4, -0.2) is 5.78 Å². The summed E-state index contributed by atoms with van der Waals surface area (Å²) in [6.45, 7) is 8.73. The summed E-state index contributed by atoms with van der Waals surface area (Å²) < 4.78 is 1.21. The first-order valence-corrected chi connectivity index (χ1v) is 7.13. The van der Waals surface area contributed by atoms with E-state index in [1.54, 1.807) is 0 Å². The number of carbonyl (C=O) groups is 1. The molecular weight excluding hydrogens is 323 g/mol. The molecule has 1 atom stereocenters. The second-order valence-corrected chi connectivity index (χ2v) is 7.06. The lowest BCUT2D eigenvalue weighted by Crippen LogP contribution is -2.21. The molecule has 17 heavy (non-hydrogen) atoms. The Morgan fingerprint density at radius 2 is 1.76 bits per heavy atom. The lowest BCUT2D eigenvalue weighted by Gasteiger charge is -2.26. The van der Waals surface area contributed by atoms with E-state index in [1.807, 2.05) is 12.1 Å². The van der Waals surface area contributed by atoms with Gasteiger partial charge in [-0.3, -0.25) is 4.79 Å². The van der Waals surface area contributed by atoms with Gasteiger partial charge in [0.05, 0.1) is 0 Å². The number of ketones is 1. The van der Waals surface area contributed by atoms with E-state index in [-0.39, 0.29) is 5.41 Å². The molecule has 1 aromatic carbocycles. The molecule has 1 nitrogen and oxygen atoms in total. The second kappa shape index (κ2) is 5.98. The van der Waals surface area contributed by atoms with E-state index in [2.05, 4.69) is 62.4 Å². The van der Waals surface area contributed by atoms with Crippen molar-refractivity contribution in [2.45, 2.75) is 40.5 Å². The van der Waals surface area contributed by atoms with Gasteiger partial charge in [0.25, 0.3) is 0 Å². The van der Waals surface area contributed by atoms with Gasteiger partial charge in [-0.1, -0.05) is 39.8 Å². The number of rotatable bonds is 4. The fourth-order valence-electron chi connectivity index (χ4n) is 1.55. The van der Waals surface area contributed by atoms with Gasteiger partial charge in [-0.25, -0.2) is 0 Å². The van der Waals surface area contributed by atoms with Crippen LogP contribution in [0.4, 0.5) is 0 Å². The number of hydrogen-bond acceptors (Lipinski definition) is 1. The molecule has 0 aromatic heterocycles. The number of carbonyl (C=O) groups excluding carboxylic acids is 1. The van der Waals surface area contributed by atoms with E-state index in [0.29, 0.717) is 24.5 Å². The fourth-order valence-corrected chi connectivity index (χ4v) is 1.91. The van der Waals surface area contributed by atoms with Crippen molar-refractivity contribution < 1.29 is 4.79 Å². The Morgan fingerprint density at radius 3 is 2.24 bits per heavy atom. The summed E-state index contributed by atoms with van der Waals surface area (Å²) in [4.78, 5) is 12.0. The molecule has 0 radical (unpaired) electrons. The molecule has 0 aliphatic carbocycles. The normalized spacial score (nSPS) is 13.5. The number of benzene rings is 1. The predicted molar refractivity (Wildman–Crippen MR) is 81.1 cm³/mol. The molecule has 0 saturated carbocycles. The minimum absolute atomic E-state index is 0.210. The number of halogens is 1. The summed E-state index contributed by atoms with van der Waals surface area (Å²) in [6, 6.07) is 8.19. The molecule has 0 aliphatic rings. The molecule has 0 saturated heterocycles. The topological polar surface area (TPSA) is 17.1 Å². The summed E-state index contributed by atoms with van der Waals surface area (Å²) in [6.07, 6.45) is 1.24. The van der Waals surface area contributed by atoms with E-state index in [0.717, 1.165) is 5.56 Å². The Balaban J connectivity index is 2.53. The molecule has 0 spiro atoms. The summed E-state index contributed by atoms with van der Waals surface area (Å²) in [5.74, 6) is 0.771. The maximum atomic E-state index is 12.0. The minimum Gasteiger partial charge on any atom is -0.299 e. The van der Waals surface area contributed by atoms with Crippen molar-refractivity contribution in [3.63, 3.8) is 0 Å². The van der Waals surface area contributed by atoms with Crippen molar-refractivity contribution in [2.24, 2.45) is 11.3 Å². The van der Waals surface area contributed by atoms with Crippen LogP contribution >= 0.6 is 22.6 Å². The van der Waals surface area contributed by atoms with Crippen molar-refractivity contribution in [1.29, 1.82) is 0 Å². The van der Waals surface area contributed by atoms with E-state index >= 15 is 0 Å². The van der Waals surface area contributed by atoms with Crippen LogP contribution in [0.3, 0.4) is 0 Å². The Hall–Kier alpha value is -0.380. The van der Waals surface area contributed by atoms with Crippen molar-refractivity contribution in [3.8, 4) is 0 Å². The third-order valence-electron chi connectivity index (χ3n) is 3.33. The van der Waals surface area contributed by atoms with Gasteiger partial charge in [0.15, 0.2) is 0 Å². The van der Waals surface area contributed by atoms with Crippen LogP contribution in [0.2, 0.25) is 0 Å². The zero-order valence-electron chi connectivity index (χ0n) is 11.1. The maximum absolute atomic E-state index is 12.0. The SMILES string of the molecule is CC(CC(=O)Cc1ccc(I)cc1)C(C)(C)C. The standard InChI is InChI=1S/C15H21IO/c1-11(15(2,3)4)9-14(17)10-12-5-7-13(16)8-6-12/h5-8,11H,9-10H2,1-4H3. The highest BCUT2D eigenvalue weighted by atomic mass is 127. The molecule has 2 heteroatoms. The van der Waals surface area contributed by atoms with Crippen LogP contribution in [0.25, 0.3) is 0 Å². The van der Waals surface area contributed by atoms with Crippen molar-refractivity contribution in [3.05, 3.63) is 33.4 Å². The Labute approximate surface area is 118 Å². The van der Waals surface area contributed by atoms with E-state index in [1.165, 1.54) is 3.57 Å². The molecule has 1 unspecified atom stereocenters. The van der Waals surface area contributed by atoms with Gasteiger partial charge in [0.2, 0.25) is 0 Å². The van der Waals surface area contributed by atoms with Crippen LogP contribution in [0.15, 0.2) is 24.3 Å². The van der Waals surface area contributed by atoms with Crippen LogP contribution in [-0.2, 0) is 11.2 Å². The Kier molecular flexibility index (Phi) is 5.17. The minimum atomic E-state index is 0.210. The quantitative estimate of drug-likeness (QED) is 0.737. The highest BCUT2D eigenvalue weighted by Gasteiger charge is 2.22. The summed E-state index contributed by atoms with van der Waals surface area (Å²) in [7, 11) is 0. The van der Waals surface area contributed by atoms with Crippen molar-refractivity contribution in [2.75, 3.05) is 0 Å². The highest BCUT2D eigenvalue weighted by Crippen LogP contribution is 2.28. The first-order chi connectivity index (χ1) is 7.79. The molecule has 94 valence electrons. The van der Waals surface area contributed by atoms with Gasteiger partial charge < -0.3 is 0 Å². The molecule has 0 amide bonds. The van der Waals surface area contributed by atoms with Crippen LogP contribution in [0.1, 0.15) is 39.7 Å². The fraction of sp³-hybridized carbons (Fsp3) is 0.533. The average Bonchev–Trinajstić information content (AvgIpc) is 2.20. The summed E-state index contributed by atoms with van der Waals surface area (Å²) in [5, 5.41) is 0. The molecular formula is C15H21IO. The summed E-state index contributed by atoms with van der Waals surface area (Å²) in [5.41, 5.74) is 1.33. The third kappa shape index (κ3) is 5.19. The molecule has 0 bridgehead atoms. The largest absolute Gasteiger partial charge is 0.299 e. The Morgan fingerprint density at radius 1 is 1.24 bits per heavy atom. The highest BCUT2D eigenvalue weighted by molar-refractivity contribution is 14.1. The van der Waals surface area contributed by atoms with Gasteiger partial charge >= 0.3 is 0 Å². The van der Waals surface area contributed by atoms with Crippen LogP contribution in [0.5, 0.6) is 0 Å². The van der Waals surface area contributed by atoms with Gasteiger partial charge in [-0.05, 0) is 51.6 Å². The van der Waals surface area contributed by atoms with Gasteiger partial charge in [-0.2, -0.15) is 0 Å². The van der Waals surface area contributed by atoms with E-state index < -0.39 is 0 Å². The second-order valence-electron chi connectivity index (χ2n) is 5.81. The predicted octanol–water partition coefficient (Wildman–Crippen LogP) is 4.48. The summed E-state index contributed by atoms with van der Waals surface area (Å²) >= 11 is 2.28. The molecule has 0 heterocycles. The van der Waals surface area contributed by atoms with Crippen molar-refractivity contribution >= 4 is 28.4 Å². The molecule has 0 fully saturated rings. The molecule has 0 aliphatic heterocycles. The van der Waals surface area contributed by atoms with Gasteiger partial charge in [0, 0.05) is 16.4 Å². The smallest absolute Gasteiger partial charge is 0.137 e. The van der Waals surface area contributed by atoms with E-state index in [9.17, 15) is 4.79 Å². The average molecular weight is 344 g/mol. The zero-order chi connectivity index (χ0) is 13.1. The number of hydrogen-bond donors (Lipinski definition) is 0. The Bertz CT molecular complexity index is 373. The lowest BCUT2D eigenvalue weighted by molar-refractivity contribution is -0.120. The van der Waals surface area contributed by atoms with Crippen LogP contribution in [0, 0.1) is 14.9 Å². The number of Topliss-reactive ketones (excluding diaryl/α,β-unsaturated/α-hetero) is 1. The lowest BCUT2D eigenvalue weighted by atomic mass is 9.79. The maximum Gasteiger partial charge on any atom is 0.137 e. The van der Waals surface area contributed by atoms with Gasteiger partial charge in [0.1, 0.15) is 5.78 Å². The molecule has 1 rings (SSSR count). The third-order valence-corrected chi connectivity index (χ3v) is 4.05. The first-order valence-electron chi connectivity index (χ1n) is 6.05. The van der Waals surface area contributed by atoms with Crippen molar-refractivity contribution in [1.82, 2.24) is 0 Å². The zero-order valence-corrected chi connectivity index (χ0v) is 13.2. The van der Waals surface area contributed by atoms with Gasteiger partial charge in [-0.15, -0.1) is 0 Å². The van der Waals surface area contributed by atoms with Crippen LogP contribution < -0.4 is 0 Å². The monoisotopic (exact) mass is 344 g/mol. The molecule has 1 aromatic rings. The first kappa shape index (κ1) is 14.7. The van der Waals surface area contributed by atoms with E-state index in [4.69, 9.17) is 0 Å². The molecule has 0 N–H and O–H groups in total.